The standard InChI is InChI=1S/C12H14N4O2/c1-16-7-8(13)5-10(16)12(17)15-9-3-4-11(18-2)14-6-9/h3-7H,13H2,1-2H3,(H,15,17). The van der Waals surface area contributed by atoms with Gasteiger partial charge in [-0.15, -0.1) is 0 Å². The molecule has 0 saturated carbocycles. The molecule has 18 heavy (non-hydrogen) atoms. The predicted octanol–water partition coefficient (Wildman–Crippen LogP) is 1.26. The van der Waals surface area contributed by atoms with Gasteiger partial charge in [0.2, 0.25) is 5.88 Å². The van der Waals surface area contributed by atoms with Crippen LogP contribution in [-0.2, 0) is 7.05 Å². The van der Waals surface area contributed by atoms with E-state index in [1.165, 1.54) is 13.3 Å². The van der Waals surface area contributed by atoms with Gasteiger partial charge in [0.25, 0.3) is 5.91 Å². The molecule has 6 heteroatoms. The van der Waals surface area contributed by atoms with Crippen molar-refractivity contribution in [1.82, 2.24) is 9.55 Å². The third-order valence-corrected chi connectivity index (χ3v) is 2.46. The second kappa shape index (κ2) is 4.79. The van der Waals surface area contributed by atoms with E-state index in [0.717, 1.165) is 0 Å². The van der Waals surface area contributed by atoms with Crippen LogP contribution in [0.3, 0.4) is 0 Å². The zero-order valence-corrected chi connectivity index (χ0v) is 10.2. The van der Waals surface area contributed by atoms with E-state index in [2.05, 4.69) is 10.3 Å². The molecule has 2 rings (SSSR count). The number of carbonyl (C=O) groups is 1. The number of nitrogens with zero attached hydrogens (tertiary/aromatic N) is 2. The quantitative estimate of drug-likeness (QED) is 0.854. The lowest BCUT2D eigenvalue weighted by atomic mass is 10.3. The predicted molar refractivity (Wildman–Crippen MR) is 68.6 cm³/mol. The monoisotopic (exact) mass is 246 g/mol. The van der Waals surface area contributed by atoms with Crippen molar-refractivity contribution in [1.29, 1.82) is 0 Å². The highest BCUT2D eigenvalue weighted by Gasteiger charge is 2.11. The number of ether oxygens (including phenoxy) is 1. The number of nitrogen functional groups attached to an aromatic ring is 1. The molecule has 0 aliphatic heterocycles. The van der Waals surface area contributed by atoms with Gasteiger partial charge in [0.1, 0.15) is 5.69 Å². The van der Waals surface area contributed by atoms with Crippen molar-refractivity contribution in [3.8, 4) is 5.88 Å². The largest absolute Gasteiger partial charge is 0.481 e. The van der Waals surface area contributed by atoms with Crippen molar-refractivity contribution in [3.63, 3.8) is 0 Å². The minimum absolute atomic E-state index is 0.235. The van der Waals surface area contributed by atoms with Crippen LogP contribution in [0.25, 0.3) is 0 Å². The first kappa shape index (κ1) is 12.0. The summed E-state index contributed by atoms with van der Waals surface area (Å²) in [7, 11) is 3.30. The van der Waals surface area contributed by atoms with Crippen LogP contribution in [0, 0.1) is 0 Å². The number of nitrogens with two attached hydrogens (primary N) is 1. The first-order valence-electron chi connectivity index (χ1n) is 5.33. The number of aryl methyl sites for hydroxylation is 1. The summed E-state index contributed by atoms with van der Waals surface area (Å²) >= 11 is 0. The lowest BCUT2D eigenvalue weighted by Crippen LogP contribution is -2.15. The second-order valence-electron chi connectivity index (χ2n) is 3.81. The van der Waals surface area contributed by atoms with E-state index < -0.39 is 0 Å². The number of methoxy groups -OCH3 is 1. The Kier molecular flexibility index (Phi) is 3.18. The van der Waals surface area contributed by atoms with Gasteiger partial charge in [-0.2, -0.15) is 0 Å². The van der Waals surface area contributed by atoms with Gasteiger partial charge >= 0.3 is 0 Å². The number of nitrogens with one attached hydrogen (secondary N) is 1. The Morgan fingerprint density at radius 3 is 2.78 bits per heavy atom. The first-order chi connectivity index (χ1) is 8.60. The first-order valence-corrected chi connectivity index (χ1v) is 5.33. The molecule has 2 aromatic heterocycles. The summed E-state index contributed by atoms with van der Waals surface area (Å²) in [4.78, 5) is 16.0. The molecular weight excluding hydrogens is 232 g/mol. The Balaban J connectivity index is 2.13. The summed E-state index contributed by atoms with van der Waals surface area (Å²) < 4.78 is 6.61. The Morgan fingerprint density at radius 1 is 1.50 bits per heavy atom. The molecule has 0 radical (unpaired) electrons. The SMILES string of the molecule is COc1ccc(NC(=O)c2cc(N)cn2C)cn1. The molecule has 0 aliphatic rings. The molecule has 6 nitrogen and oxygen atoms in total. The van der Waals surface area contributed by atoms with Crippen LogP contribution in [0.1, 0.15) is 10.5 Å². The summed E-state index contributed by atoms with van der Waals surface area (Å²) in [6, 6.07) is 5.01. The van der Waals surface area contributed by atoms with Gasteiger partial charge < -0.3 is 20.4 Å². The van der Waals surface area contributed by atoms with Crippen LogP contribution in [0.2, 0.25) is 0 Å². The Labute approximate surface area is 104 Å². The third-order valence-electron chi connectivity index (χ3n) is 2.46. The number of aromatic nitrogens is 2. The summed E-state index contributed by atoms with van der Waals surface area (Å²) in [5, 5.41) is 2.73. The summed E-state index contributed by atoms with van der Waals surface area (Å²) in [6.45, 7) is 0. The average molecular weight is 246 g/mol. The van der Waals surface area contributed by atoms with E-state index in [4.69, 9.17) is 10.5 Å². The van der Waals surface area contributed by atoms with Gasteiger partial charge in [0.15, 0.2) is 0 Å². The van der Waals surface area contributed by atoms with Gasteiger partial charge in [-0.3, -0.25) is 4.79 Å². The third kappa shape index (κ3) is 2.42. The van der Waals surface area contributed by atoms with Crippen LogP contribution in [0.4, 0.5) is 11.4 Å². The van der Waals surface area contributed by atoms with Crippen LogP contribution in [0.5, 0.6) is 5.88 Å². The van der Waals surface area contributed by atoms with Gasteiger partial charge in [-0.05, 0) is 12.1 Å². The van der Waals surface area contributed by atoms with Gasteiger partial charge in [-0.1, -0.05) is 0 Å². The van der Waals surface area contributed by atoms with E-state index in [1.54, 1.807) is 36.0 Å². The molecule has 2 heterocycles. The Bertz CT molecular complexity index is 560. The molecule has 3 N–H and O–H groups in total. The normalized spacial score (nSPS) is 10.1. The van der Waals surface area contributed by atoms with Gasteiger partial charge in [0.05, 0.1) is 24.7 Å². The van der Waals surface area contributed by atoms with Crippen molar-refractivity contribution >= 4 is 17.3 Å². The van der Waals surface area contributed by atoms with E-state index >= 15 is 0 Å². The van der Waals surface area contributed by atoms with Crippen LogP contribution < -0.4 is 15.8 Å². The summed E-state index contributed by atoms with van der Waals surface area (Å²) in [6.07, 6.45) is 3.21. The van der Waals surface area contributed by atoms with Gasteiger partial charge in [0, 0.05) is 19.3 Å². The number of pyridine rings is 1. The van der Waals surface area contributed by atoms with Crippen molar-refractivity contribution < 1.29 is 9.53 Å². The lowest BCUT2D eigenvalue weighted by molar-refractivity contribution is 0.101. The van der Waals surface area contributed by atoms with Crippen molar-refractivity contribution in [2.24, 2.45) is 7.05 Å². The fourth-order valence-corrected chi connectivity index (χ4v) is 1.59. The van der Waals surface area contributed by atoms with Crippen LogP contribution in [0.15, 0.2) is 30.6 Å². The maximum absolute atomic E-state index is 12.0. The highest BCUT2D eigenvalue weighted by molar-refractivity contribution is 6.03. The molecule has 1 amide bonds. The zero-order chi connectivity index (χ0) is 13.1. The fraction of sp³-hybridized carbons (Fsp3) is 0.167. The Morgan fingerprint density at radius 2 is 2.28 bits per heavy atom. The number of anilines is 2. The molecule has 0 fully saturated rings. The molecule has 0 saturated heterocycles. The second-order valence-corrected chi connectivity index (χ2v) is 3.81. The zero-order valence-electron chi connectivity index (χ0n) is 10.2. The van der Waals surface area contributed by atoms with Gasteiger partial charge in [-0.25, -0.2) is 4.98 Å². The molecular formula is C12H14N4O2. The fourth-order valence-electron chi connectivity index (χ4n) is 1.59. The molecule has 0 unspecified atom stereocenters. The maximum Gasteiger partial charge on any atom is 0.272 e. The molecule has 2 aromatic rings. The van der Waals surface area contributed by atoms with Crippen molar-refractivity contribution in [2.75, 3.05) is 18.2 Å². The highest BCUT2D eigenvalue weighted by atomic mass is 16.5. The highest BCUT2D eigenvalue weighted by Crippen LogP contribution is 2.14. The number of amides is 1. The van der Waals surface area contributed by atoms with E-state index in [9.17, 15) is 4.79 Å². The molecule has 0 spiro atoms. The van der Waals surface area contributed by atoms with E-state index in [1.807, 2.05) is 0 Å². The number of hydrogen-bond acceptors (Lipinski definition) is 4. The minimum Gasteiger partial charge on any atom is -0.481 e. The van der Waals surface area contributed by atoms with Crippen molar-refractivity contribution in [2.45, 2.75) is 0 Å². The number of hydrogen-bond donors (Lipinski definition) is 2. The molecule has 0 aliphatic carbocycles. The Hall–Kier alpha value is -2.50. The van der Waals surface area contributed by atoms with Crippen molar-refractivity contribution in [3.05, 3.63) is 36.3 Å². The average Bonchev–Trinajstić information content (AvgIpc) is 2.69. The van der Waals surface area contributed by atoms with Crippen LogP contribution >= 0.6 is 0 Å². The molecule has 0 atom stereocenters. The smallest absolute Gasteiger partial charge is 0.272 e. The lowest BCUT2D eigenvalue weighted by Gasteiger charge is -2.06. The molecule has 0 bridgehead atoms. The van der Waals surface area contributed by atoms with E-state index in [0.29, 0.717) is 22.9 Å². The molecule has 94 valence electrons. The summed E-state index contributed by atoms with van der Waals surface area (Å²) in [5.41, 5.74) is 7.26. The molecule has 0 aromatic carbocycles. The number of rotatable bonds is 3. The summed E-state index contributed by atoms with van der Waals surface area (Å²) in [5.74, 6) is 0.261. The maximum atomic E-state index is 12.0. The van der Waals surface area contributed by atoms with E-state index in [-0.39, 0.29) is 5.91 Å². The minimum atomic E-state index is -0.235. The van der Waals surface area contributed by atoms with Crippen LogP contribution in [-0.4, -0.2) is 22.6 Å². The number of carbonyl (C=O) groups excluding carboxylic acids is 1. The topological polar surface area (TPSA) is 82.2 Å².